The Bertz CT molecular complexity index is 940. The Morgan fingerprint density at radius 2 is 1.50 bits per heavy atom. The molecule has 0 saturated heterocycles. The number of hydrogen-bond acceptors (Lipinski definition) is 4. The summed E-state index contributed by atoms with van der Waals surface area (Å²) < 4.78 is 52.9. The van der Waals surface area contributed by atoms with Crippen LogP contribution in [-0.4, -0.2) is 36.2 Å². The van der Waals surface area contributed by atoms with E-state index < -0.39 is 20.0 Å². The van der Waals surface area contributed by atoms with Gasteiger partial charge in [-0.1, -0.05) is 50.2 Å². The van der Waals surface area contributed by atoms with Gasteiger partial charge in [0, 0.05) is 13.1 Å². The lowest BCUT2D eigenvalue weighted by Crippen LogP contribution is -2.38. The number of anilines is 1. The van der Waals surface area contributed by atoms with E-state index in [-0.39, 0.29) is 23.9 Å². The third-order valence-electron chi connectivity index (χ3n) is 3.89. The van der Waals surface area contributed by atoms with Crippen LogP contribution in [0, 0.1) is 0 Å². The Labute approximate surface area is 156 Å². The first-order chi connectivity index (χ1) is 12.1. The Morgan fingerprint density at radius 1 is 0.923 bits per heavy atom. The summed E-state index contributed by atoms with van der Waals surface area (Å²) in [6.07, 6.45) is 1.12. The molecule has 0 unspecified atom stereocenters. The maximum atomic E-state index is 12.3. The van der Waals surface area contributed by atoms with Gasteiger partial charge in [-0.05, 0) is 29.7 Å². The molecule has 0 aliphatic rings. The van der Waals surface area contributed by atoms with Crippen molar-refractivity contribution in [1.29, 1.82) is 0 Å². The average Bonchev–Trinajstić information content (AvgIpc) is 2.58. The number of benzene rings is 2. The SMILES string of the molecule is CC(C)c1ccccc1N(CCNS(=O)(=O)c1ccccc1)S(C)(=O)=O. The molecule has 0 aliphatic heterocycles. The molecule has 142 valence electrons. The van der Waals surface area contributed by atoms with Gasteiger partial charge in [0.1, 0.15) is 0 Å². The van der Waals surface area contributed by atoms with Crippen molar-refractivity contribution in [3.63, 3.8) is 0 Å². The van der Waals surface area contributed by atoms with Crippen LogP contribution >= 0.6 is 0 Å². The van der Waals surface area contributed by atoms with Gasteiger partial charge in [0.15, 0.2) is 0 Å². The summed E-state index contributed by atoms with van der Waals surface area (Å²) in [5, 5.41) is 0. The Hall–Kier alpha value is -1.90. The van der Waals surface area contributed by atoms with Gasteiger partial charge in [-0.2, -0.15) is 0 Å². The summed E-state index contributed by atoms with van der Waals surface area (Å²) in [6, 6.07) is 15.2. The second-order valence-corrected chi connectivity index (χ2v) is 9.93. The molecule has 0 saturated carbocycles. The zero-order chi connectivity index (χ0) is 19.4. The highest BCUT2D eigenvalue weighted by molar-refractivity contribution is 7.92. The molecule has 0 heterocycles. The van der Waals surface area contributed by atoms with E-state index >= 15 is 0 Å². The van der Waals surface area contributed by atoms with Crippen LogP contribution in [0.2, 0.25) is 0 Å². The fourth-order valence-electron chi connectivity index (χ4n) is 2.63. The molecule has 2 aromatic rings. The highest BCUT2D eigenvalue weighted by atomic mass is 32.2. The molecule has 0 aliphatic carbocycles. The van der Waals surface area contributed by atoms with Crippen molar-refractivity contribution in [1.82, 2.24) is 4.72 Å². The minimum atomic E-state index is -3.68. The summed E-state index contributed by atoms with van der Waals surface area (Å²) >= 11 is 0. The van der Waals surface area contributed by atoms with Crippen molar-refractivity contribution in [2.24, 2.45) is 0 Å². The standard InChI is InChI=1S/C18H24N2O4S2/c1-15(2)17-11-7-8-12-18(17)20(25(3,21)22)14-13-19-26(23,24)16-9-5-4-6-10-16/h4-12,15,19H,13-14H2,1-3H3. The van der Waals surface area contributed by atoms with Gasteiger partial charge in [0.05, 0.1) is 16.8 Å². The molecular weight excluding hydrogens is 372 g/mol. The summed E-state index contributed by atoms with van der Waals surface area (Å²) in [7, 11) is -7.24. The van der Waals surface area contributed by atoms with Gasteiger partial charge in [0.2, 0.25) is 20.0 Å². The van der Waals surface area contributed by atoms with Gasteiger partial charge < -0.3 is 0 Å². The van der Waals surface area contributed by atoms with Gasteiger partial charge >= 0.3 is 0 Å². The second-order valence-electron chi connectivity index (χ2n) is 6.26. The average molecular weight is 397 g/mol. The summed E-state index contributed by atoms with van der Waals surface area (Å²) in [5.41, 5.74) is 1.47. The molecular formula is C18H24N2O4S2. The maximum Gasteiger partial charge on any atom is 0.240 e. The lowest BCUT2D eigenvalue weighted by Gasteiger charge is -2.26. The number of sulfonamides is 2. The summed E-state index contributed by atoms with van der Waals surface area (Å²) in [5.74, 6) is 0.136. The number of nitrogens with zero attached hydrogens (tertiary/aromatic N) is 1. The Morgan fingerprint density at radius 3 is 2.08 bits per heavy atom. The lowest BCUT2D eigenvalue weighted by atomic mass is 10.0. The van der Waals surface area contributed by atoms with Crippen LogP contribution in [0.15, 0.2) is 59.5 Å². The molecule has 26 heavy (non-hydrogen) atoms. The van der Waals surface area contributed by atoms with Crippen LogP contribution in [0.3, 0.4) is 0 Å². The van der Waals surface area contributed by atoms with Crippen LogP contribution in [0.25, 0.3) is 0 Å². The molecule has 2 rings (SSSR count). The van der Waals surface area contributed by atoms with E-state index in [2.05, 4.69) is 4.72 Å². The molecule has 6 nitrogen and oxygen atoms in total. The largest absolute Gasteiger partial charge is 0.269 e. The van der Waals surface area contributed by atoms with E-state index in [4.69, 9.17) is 0 Å². The van der Waals surface area contributed by atoms with E-state index in [9.17, 15) is 16.8 Å². The second kappa shape index (κ2) is 8.20. The first-order valence-electron chi connectivity index (χ1n) is 8.24. The van der Waals surface area contributed by atoms with Crippen molar-refractivity contribution in [3.05, 3.63) is 60.2 Å². The number of hydrogen-bond donors (Lipinski definition) is 1. The fourth-order valence-corrected chi connectivity index (χ4v) is 4.62. The molecule has 1 N–H and O–H groups in total. The van der Waals surface area contributed by atoms with Gasteiger partial charge in [0.25, 0.3) is 0 Å². The van der Waals surface area contributed by atoms with Crippen molar-refractivity contribution in [2.75, 3.05) is 23.7 Å². The van der Waals surface area contributed by atoms with E-state index in [1.807, 2.05) is 26.0 Å². The lowest BCUT2D eigenvalue weighted by molar-refractivity contribution is 0.578. The monoisotopic (exact) mass is 396 g/mol. The predicted molar refractivity (Wildman–Crippen MR) is 104 cm³/mol. The van der Waals surface area contributed by atoms with Crippen LogP contribution in [0.1, 0.15) is 25.3 Å². The molecule has 8 heteroatoms. The number of rotatable bonds is 8. The van der Waals surface area contributed by atoms with Gasteiger partial charge in [-0.15, -0.1) is 0 Å². The topological polar surface area (TPSA) is 83.6 Å². The van der Waals surface area contributed by atoms with E-state index in [0.717, 1.165) is 11.8 Å². The summed E-state index contributed by atoms with van der Waals surface area (Å²) in [6.45, 7) is 3.94. The molecule has 0 amide bonds. The van der Waals surface area contributed by atoms with Gasteiger partial charge in [-0.3, -0.25) is 4.31 Å². The predicted octanol–water partition coefficient (Wildman–Crippen LogP) is 2.55. The normalized spacial score (nSPS) is 12.3. The maximum absolute atomic E-state index is 12.3. The van der Waals surface area contributed by atoms with Crippen LogP contribution in [0.5, 0.6) is 0 Å². The molecule has 0 spiro atoms. The molecule has 2 aromatic carbocycles. The minimum absolute atomic E-state index is 0.00856. The molecule has 0 aromatic heterocycles. The van der Waals surface area contributed by atoms with E-state index in [1.165, 1.54) is 16.4 Å². The zero-order valence-electron chi connectivity index (χ0n) is 15.1. The molecule has 0 radical (unpaired) electrons. The summed E-state index contributed by atoms with van der Waals surface area (Å²) in [4.78, 5) is 0.147. The third kappa shape index (κ3) is 5.06. The fraction of sp³-hybridized carbons (Fsp3) is 0.333. The molecule has 0 bridgehead atoms. The minimum Gasteiger partial charge on any atom is -0.269 e. The first kappa shape index (κ1) is 20.4. The number of para-hydroxylation sites is 1. The molecule has 0 atom stereocenters. The number of nitrogens with one attached hydrogen (secondary N) is 1. The van der Waals surface area contributed by atoms with Crippen molar-refractivity contribution in [3.8, 4) is 0 Å². The van der Waals surface area contributed by atoms with Crippen LogP contribution in [-0.2, 0) is 20.0 Å². The van der Waals surface area contributed by atoms with Crippen molar-refractivity contribution in [2.45, 2.75) is 24.7 Å². The smallest absolute Gasteiger partial charge is 0.240 e. The highest BCUT2D eigenvalue weighted by Gasteiger charge is 2.22. The van der Waals surface area contributed by atoms with E-state index in [1.54, 1.807) is 30.3 Å². The van der Waals surface area contributed by atoms with Crippen LogP contribution in [0.4, 0.5) is 5.69 Å². The third-order valence-corrected chi connectivity index (χ3v) is 6.55. The Kier molecular flexibility index (Phi) is 6.44. The highest BCUT2D eigenvalue weighted by Crippen LogP contribution is 2.28. The van der Waals surface area contributed by atoms with Gasteiger partial charge in [-0.25, -0.2) is 21.6 Å². The van der Waals surface area contributed by atoms with E-state index in [0.29, 0.717) is 5.69 Å². The Balaban J connectivity index is 2.21. The van der Waals surface area contributed by atoms with Crippen LogP contribution < -0.4 is 9.03 Å². The zero-order valence-corrected chi connectivity index (χ0v) is 16.7. The molecule has 0 fully saturated rings. The van der Waals surface area contributed by atoms with Crippen molar-refractivity contribution >= 4 is 25.7 Å². The quantitative estimate of drug-likeness (QED) is 0.743. The van der Waals surface area contributed by atoms with Crippen molar-refractivity contribution < 1.29 is 16.8 Å². The first-order valence-corrected chi connectivity index (χ1v) is 11.6.